The zero-order chi connectivity index (χ0) is 21.9. The lowest BCUT2D eigenvalue weighted by Crippen LogP contribution is -2.29. The Labute approximate surface area is 183 Å². The van der Waals surface area contributed by atoms with Gasteiger partial charge in [0.15, 0.2) is 11.5 Å². The number of methoxy groups -OCH3 is 3. The van der Waals surface area contributed by atoms with Crippen LogP contribution in [0.3, 0.4) is 0 Å². The van der Waals surface area contributed by atoms with Crippen LogP contribution >= 0.6 is 11.3 Å². The van der Waals surface area contributed by atoms with Crippen molar-refractivity contribution < 1.29 is 14.2 Å². The highest BCUT2D eigenvalue weighted by atomic mass is 32.1. The van der Waals surface area contributed by atoms with Gasteiger partial charge in [0.2, 0.25) is 10.6 Å². The van der Waals surface area contributed by atoms with E-state index in [9.17, 15) is 0 Å². The molecule has 1 aromatic carbocycles. The molecule has 1 heterocycles. The molecule has 1 atom stereocenters. The van der Waals surface area contributed by atoms with Crippen LogP contribution in [0.25, 0.3) is 11.3 Å². The number of benzene rings is 1. The van der Waals surface area contributed by atoms with Crippen molar-refractivity contribution in [3.63, 3.8) is 0 Å². The van der Waals surface area contributed by atoms with E-state index in [1.54, 1.807) is 32.7 Å². The maximum absolute atomic E-state index is 5.56. The predicted octanol–water partition coefficient (Wildman–Crippen LogP) is 5.21. The van der Waals surface area contributed by atoms with Gasteiger partial charge >= 0.3 is 0 Å². The van der Waals surface area contributed by atoms with E-state index < -0.39 is 0 Å². The van der Waals surface area contributed by atoms with Gasteiger partial charge in [0.25, 0.3) is 0 Å². The molecule has 1 aliphatic rings. The van der Waals surface area contributed by atoms with Crippen LogP contribution in [0.1, 0.15) is 47.0 Å². The number of nitrogens with zero attached hydrogens (tertiary/aromatic N) is 3. The van der Waals surface area contributed by atoms with Gasteiger partial charge in [-0.25, -0.2) is 4.68 Å². The van der Waals surface area contributed by atoms with E-state index in [2.05, 4.69) is 31.1 Å². The molecule has 1 aliphatic carbocycles. The van der Waals surface area contributed by atoms with Gasteiger partial charge < -0.3 is 14.2 Å². The topological polar surface area (TPSA) is 57.3 Å². The van der Waals surface area contributed by atoms with Crippen LogP contribution in [0, 0.1) is 11.3 Å². The van der Waals surface area contributed by atoms with Crippen molar-refractivity contribution in [1.82, 2.24) is 4.68 Å². The van der Waals surface area contributed by atoms with Gasteiger partial charge in [-0.2, -0.15) is 5.10 Å². The lowest BCUT2D eigenvalue weighted by atomic mass is 9.72. The highest BCUT2D eigenvalue weighted by molar-refractivity contribution is 7.07. The van der Waals surface area contributed by atoms with Gasteiger partial charge in [-0.15, -0.1) is 11.3 Å². The third-order valence-corrected chi connectivity index (χ3v) is 6.20. The average Bonchev–Trinajstić information content (AvgIpc) is 3.07. The molecule has 1 unspecified atom stereocenters. The molecule has 0 radical (unpaired) electrons. The first-order chi connectivity index (χ1) is 14.3. The number of hydrogen-bond donors (Lipinski definition) is 0. The van der Waals surface area contributed by atoms with E-state index in [1.165, 1.54) is 12.1 Å². The van der Waals surface area contributed by atoms with Gasteiger partial charge in [0.05, 0.1) is 27.0 Å². The molecule has 7 heteroatoms. The Kier molecular flexibility index (Phi) is 6.91. The van der Waals surface area contributed by atoms with Crippen molar-refractivity contribution in [3.8, 4) is 28.5 Å². The van der Waals surface area contributed by atoms with Crippen LogP contribution < -0.4 is 19.0 Å². The standard InChI is InChI=1S/C23H33N3O3S/c1-8-24-22-26(25-17-9-15(2)12-23(3,4)13-17)18(14-30-22)16-10-19(27-5)21(29-7)20(11-16)28-6/h10-11,14-15H,8-9,12-13H2,1-7H3. The first-order valence-corrected chi connectivity index (χ1v) is 11.3. The summed E-state index contributed by atoms with van der Waals surface area (Å²) in [6, 6.07) is 3.92. The van der Waals surface area contributed by atoms with E-state index >= 15 is 0 Å². The van der Waals surface area contributed by atoms with E-state index in [1.807, 2.05) is 23.7 Å². The van der Waals surface area contributed by atoms with Gasteiger partial charge in [0.1, 0.15) is 0 Å². The summed E-state index contributed by atoms with van der Waals surface area (Å²) in [4.78, 5) is 5.57. The maximum atomic E-state index is 5.56. The molecule has 0 amide bonds. The number of aromatic nitrogens is 1. The van der Waals surface area contributed by atoms with Crippen LogP contribution in [-0.4, -0.2) is 38.3 Å². The number of thiazole rings is 1. The lowest BCUT2D eigenvalue weighted by Gasteiger charge is -2.34. The van der Waals surface area contributed by atoms with Crippen molar-refractivity contribution in [3.05, 3.63) is 22.3 Å². The van der Waals surface area contributed by atoms with Gasteiger partial charge in [0, 0.05) is 23.2 Å². The normalized spacial score (nSPS) is 20.4. The second-order valence-electron chi connectivity index (χ2n) is 8.62. The predicted molar refractivity (Wildman–Crippen MR) is 123 cm³/mol. The summed E-state index contributed by atoms with van der Waals surface area (Å²) in [7, 11) is 4.87. The van der Waals surface area contributed by atoms with Crippen molar-refractivity contribution in [2.24, 2.45) is 21.4 Å². The second-order valence-corrected chi connectivity index (χ2v) is 9.46. The minimum absolute atomic E-state index is 0.266. The fourth-order valence-electron chi connectivity index (χ4n) is 4.40. The van der Waals surface area contributed by atoms with Crippen molar-refractivity contribution >= 4 is 17.0 Å². The fraction of sp³-hybridized carbons (Fsp3) is 0.565. The zero-order valence-electron chi connectivity index (χ0n) is 19.1. The van der Waals surface area contributed by atoms with Crippen molar-refractivity contribution in [1.29, 1.82) is 0 Å². The van der Waals surface area contributed by atoms with Crippen molar-refractivity contribution in [2.75, 3.05) is 27.9 Å². The molecule has 2 aromatic rings. The summed E-state index contributed by atoms with van der Waals surface area (Å²) >= 11 is 1.60. The highest BCUT2D eigenvalue weighted by Gasteiger charge is 2.30. The summed E-state index contributed by atoms with van der Waals surface area (Å²) in [5.74, 6) is 2.46. The molecule has 0 saturated heterocycles. The van der Waals surface area contributed by atoms with Gasteiger partial charge in [-0.1, -0.05) is 20.8 Å². The molecular formula is C23H33N3O3S. The van der Waals surface area contributed by atoms with Crippen molar-refractivity contribution in [2.45, 2.75) is 47.0 Å². The molecule has 0 bridgehead atoms. The summed E-state index contributed by atoms with van der Waals surface area (Å²) in [6.45, 7) is 9.72. The van der Waals surface area contributed by atoms with E-state index in [0.717, 1.165) is 28.9 Å². The minimum Gasteiger partial charge on any atom is -0.493 e. The number of rotatable bonds is 6. The first kappa shape index (κ1) is 22.4. The minimum atomic E-state index is 0.266. The van der Waals surface area contributed by atoms with Crippen LogP contribution in [0.15, 0.2) is 27.6 Å². The van der Waals surface area contributed by atoms with E-state index in [-0.39, 0.29) is 5.41 Å². The fourth-order valence-corrected chi connectivity index (χ4v) is 5.29. The molecule has 30 heavy (non-hydrogen) atoms. The molecule has 3 rings (SSSR count). The SMILES string of the molecule is CCN=c1scc(-c2cc(OC)c(OC)c(OC)c2)n1N=C1CC(C)CC(C)(C)C1. The van der Waals surface area contributed by atoms with Crippen LogP contribution in [0.4, 0.5) is 0 Å². The van der Waals surface area contributed by atoms with E-state index in [4.69, 9.17) is 19.3 Å². The molecule has 1 fully saturated rings. The number of ether oxygens (including phenoxy) is 3. The Hall–Kier alpha value is -2.28. The maximum Gasteiger partial charge on any atom is 0.206 e. The Morgan fingerprint density at radius 2 is 1.80 bits per heavy atom. The monoisotopic (exact) mass is 431 g/mol. The lowest BCUT2D eigenvalue weighted by molar-refractivity contribution is 0.265. The molecule has 1 aromatic heterocycles. The molecule has 164 valence electrons. The smallest absolute Gasteiger partial charge is 0.206 e. The van der Waals surface area contributed by atoms with Crippen LogP contribution in [0.5, 0.6) is 17.2 Å². The summed E-state index contributed by atoms with van der Waals surface area (Å²) in [5, 5.41) is 7.20. The second kappa shape index (κ2) is 9.25. The number of hydrogen-bond acceptors (Lipinski definition) is 6. The van der Waals surface area contributed by atoms with Gasteiger partial charge in [-0.05, 0) is 49.7 Å². The Morgan fingerprint density at radius 1 is 1.13 bits per heavy atom. The first-order valence-electron chi connectivity index (χ1n) is 10.4. The largest absolute Gasteiger partial charge is 0.493 e. The third kappa shape index (κ3) is 4.72. The average molecular weight is 432 g/mol. The summed E-state index contributed by atoms with van der Waals surface area (Å²) in [5.41, 5.74) is 3.41. The third-order valence-electron chi connectivity index (χ3n) is 5.35. The summed E-state index contributed by atoms with van der Waals surface area (Å²) < 4.78 is 18.6. The highest BCUT2D eigenvalue weighted by Crippen LogP contribution is 2.41. The molecule has 1 saturated carbocycles. The van der Waals surface area contributed by atoms with E-state index in [0.29, 0.717) is 29.7 Å². The Bertz CT molecular complexity index is 963. The zero-order valence-corrected chi connectivity index (χ0v) is 19.9. The van der Waals surface area contributed by atoms with Gasteiger partial charge in [-0.3, -0.25) is 4.99 Å². The molecular weight excluding hydrogens is 398 g/mol. The summed E-state index contributed by atoms with van der Waals surface area (Å²) in [6.07, 6.45) is 3.25. The molecule has 0 aliphatic heterocycles. The van der Waals surface area contributed by atoms with Crippen LogP contribution in [0.2, 0.25) is 0 Å². The molecule has 6 nitrogen and oxygen atoms in total. The molecule has 0 N–H and O–H groups in total. The quantitative estimate of drug-likeness (QED) is 0.631. The molecule has 0 spiro atoms. The van der Waals surface area contributed by atoms with Crippen LogP contribution in [-0.2, 0) is 0 Å². The Morgan fingerprint density at radius 3 is 2.33 bits per heavy atom. The Balaban J connectivity index is 2.17.